The molecule has 0 bridgehead atoms. The van der Waals surface area contributed by atoms with E-state index in [0.717, 1.165) is 16.6 Å². The minimum atomic E-state index is 0.0713. The van der Waals surface area contributed by atoms with E-state index in [1.165, 1.54) is 5.56 Å². The maximum absolute atomic E-state index is 11.6. The van der Waals surface area contributed by atoms with E-state index in [2.05, 4.69) is 34.7 Å². The maximum Gasteiger partial charge on any atom is 0.221 e. The van der Waals surface area contributed by atoms with Gasteiger partial charge in [0.1, 0.15) is 0 Å². The SMILES string of the molecule is Cc1ccc2nccc(NCCC(=O)NC(C)C)c2c1. The monoisotopic (exact) mass is 271 g/mol. The van der Waals surface area contributed by atoms with Crippen molar-refractivity contribution in [2.75, 3.05) is 11.9 Å². The zero-order valence-corrected chi connectivity index (χ0v) is 12.2. The van der Waals surface area contributed by atoms with Crippen molar-refractivity contribution >= 4 is 22.5 Å². The second-order valence-electron chi connectivity index (χ2n) is 5.28. The fraction of sp³-hybridized carbons (Fsp3) is 0.375. The number of aromatic nitrogens is 1. The lowest BCUT2D eigenvalue weighted by molar-refractivity contribution is -0.121. The van der Waals surface area contributed by atoms with E-state index in [9.17, 15) is 4.79 Å². The minimum absolute atomic E-state index is 0.0713. The molecule has 0 aliphatic heterocycles. The number of carbonyl (C=O) groups is 1. The first-order valence-electron chi connectivity index (χ1n) is 6.95. The van der Waals surface area contributed by atoms with Gasteiger partial charge in [0.15, 0.2) is 0 Å². The molecule has 20 heavy (non-hydrogen) atoms. The quantitative estimate of drug-likeness (QED) is 0.879. The number of amides is 1. The van der Waals surface area contributed by atoms with Crippen LogP contribution in [0.2, 0.25) is 0 Å². The molecule has 0 spiro atoms. The van der Waals surface area contributed by atoms with Gasteiger partial charge >= 0.3 is 0 Å². The molecular weight excluding hydrogens is 250 g/mol. The second-order valence-corrected chi connectivity index (χ2v) is 5.28. The van der Waals surface area contributed by atoms with E-state index in [1.54, 1.807) is 6.20 Å². The van der Waals surface area contributed by atoms with Crippen LogP contribution in [0.1, 0.15) is 25.8 Å². The molecule has 1 heterocycles. The zero-order chi connectivity index (χ0) is 14.5. The largest absolute Gasteiger partial charge is 0.384 e. The molecule has 1 amide bonds. The van der Waals surface area contributed by atoms with Crippen LogP contribution >= 0.6 is 0 Å². The minimum Gasteiger partial charge on any atom is -0.384 e. The number of pyridine rings is 1. The molecule has 2 N–H and O–H groups in total. The molecular formula is C16H21N3O. The molecule has 0 saturated carbocycles. The van der Waals surface area contributed by atoms with E-state index < -0.39 is 0 Å². The van der Waals surface area contributed by atoms with Gasteiger partial charge in [-0.25, -0.2) is 0 Å². The van der Waals surface area contributed by atoms with Gasteiger partial charge in [0.05, 0.1) is 5.52 Å². The summed E-state index contributed by atoms with van der Waals surface area (Å²) in [6.07, 6.45) is 2.25. The van der Waals surface area contributed by atoms with E-state index in [0.29, 0.717) is 13.0 Å². The Hall–Kier alpha value is -2.10. The highest BCUT2D eigenvalue weighted by atomic mass is 16.1. The predicted molar refractivity (Wildman–Crippen MR) is 82.9 cm³/mol. The molecule has 106 valence electrons. The molecule has 0 radical (unpaired) electrons. The summed E-state index contributed by atoms with van der Waals surface area (Å²) in [6.45, 7) is 6.60. The fourth-order valence-corrected chi connectivity index (χ4v) is 2.12. The first kappa shape index (κ1) is 14.3. The van der Waals surface area contributed by atoms with Crippen molar-refractivity contribution in [2.45, 2.75) is 33.2 Å². The number of rotatable bonds is 5. The molecule has 0 saturated heterocycles. The summed E-state index contributed by atoms with van der Waals surface area (Å²) in [5.41, 5.74) is 3.19. The molecule has 0 aliphatic carbocycles. The zero-order valence-electron chi connectivity index (χ0n) is 12.2. The molecule has 2 aromatic rings. The van der Waals surface area contributed by atoms with Crippen LogP contribution in [-0.2, 0) is 4.79 Å². The summed E-state index contributed by atoms with van der Waals surface area (Å²) in [4.78, 5) is 15.9. The number of carbonyl (C=O) groups excluding carboxylic acids is 1. The number of fused-ring (bicyclic) bond motifs is 1. The van der Waals surface area contributed by atoms with Crippen LogP contribution in [-0.4, -0.2) is 23.5 Å². The first-order chi connectivity index (χ1) is 9.56. The number of hydrogen-bond acceptors (Lipinski definition) is 3. The van der Waals surface area contributed by atoms with Crippen molar-refractivity contribution in [2.24, 2.45) is 0 Å². The van der Waals surface area contributed by atoms with Gasteiger partial charge in [0.2, 0.25) is 5.91 Å². The Morgan fingerprint density at radius 1 is 1.30 bits per heavy atom. The lowest BCUT2D eigenvalue weighted by Gasteiger charge is -2.11. The second kappa shape index (κ2) is 6.37. The normalized spacial score (nSPS) is 10.8. The van der Waals surface area contributed by atoms with Gasteiger partial charge in [0, 0.05) is 36.3 Å². The highest BCUT2D eigenvalue weighted by Crippen LogP contribution is 2.22. The summed E-state index contributed by atoms with van der Waals surface area (Å²) in [6, 6.07) is 8.31. The Balaban J connectivity index is 2.03. The Kier molecular flexibility index (Phi) is 4.56. The van der Waals surface area contributed by atoms with Crippen LogP contribution < -0.4 is 10.6 Å². The number of nitrogens with one attached hydrogen (secondary N) is 2. The highest BCUT2D eigenvalue weighted by Gasteiger charge is 2.05. The van der Waals surface area contributed by atoms with E-state index in [4.69, 9.17) is 0 Å². The van der Waals surface area contributed by atoms with Crippen molar-refractivity contribution in [3.63, 3.8) is 0 Å². The molecule has 1 aromatic carbocycles. The van der Waals surface area contributed by atoms with Gasteiger partial charge in [-0.05, 0) is 39.0 Å². The number of hydrogen-bond donors (Lipinski definition) is 2. The van der Waals surface area contributed by atoms with Crippen molar-refractivity contribution in [1.29, 1.82) is 0 Å². The Bertz CT molecular complexity index is 608. The fourth-order valence-electron chi connectivity index (χ4n) is 2.12. The topological polar surface area (TPSA) is 54.0 Å². The molecule has 0 unspecified atom stereocenters. The van der Waals surface area contributed by atoms with Gasteiger partial charge in [-0.15, -0.1) is 0 Å². The Morgan fingerprint density at radius 2 is 2.10 bits per heavy atom. The van der Waals surface area contributed by atoms with E-state index in [1.807, 2.05) is 26.0 Å². The third-order valence-corrected chi connectivity index (χ3v) is 3.01. The van der Waals surface area contributed by atoms with Crippen molar-refractivity contribution in [3.8, 4) is 0 Å². The van der Waals surface area contributed by atoms with Gasteiger partial charge < -0.3 is 10.6 Å². The molecule has 1 aromatic heterocycles. The summed E-state index contributed by atoms with van der Waals surface area (Å²) in [5, 5.41) is 7.30. The molecule has 0 fully saturated rings. The molecule has 4 nitrogen and oxygen atoms in total. The Morgan fingerprint density at radius 3 is 2.85 bits per heavy atom. The van der Waals surface area contributed by atoms with E-state index >= 15 is 0 Å². The molecule has 2 rings (SSSR count). The maximum atomic E-state index is 11.6. The number of anilines is 1. The van der Waals surface area contributed by atoms with Gasteiger partial charge in [-0.2, -0.15) is 0 Å². The van der Waals surface area contributed by atoms with Crippen LogP contribution in [0.4, 0.5) is 5.69 Å². The summed E-state index contributed by atoms with van der Waals surface area (Å²) in [5.74, 6) is 0.0713. The first-order valence-corrected chi connectivity index (χ1v) is 6.95. The Labute approximate surface area is 119 Å². The average molecular weight is 271 g/mol. The van der Waals surface area contributed by atoms with Crippen molar-refractivity contribution < 1.29 is 4.79 Å². The van der Waals surface area contributed by atoms with Crippen LogP contribution in [0.5, 0.6) is 0 Å². The predicted octanol–water partition coefficient (Wildman–Crippen LogP) is 2.87. The average Bonchev–Trinajstić information content (AvgIpc) is 2.38. The molecule has 0 atom stereocenters. The summed E-state index contributed by atoms with van der Waals surface area (Å²) >= 11 is 0. The van der Waals surface area contributed by atoms with Crippen LogP contribution in [0, 0.1) is 6.92 Å². The van der Waals surface area contributed by atoms with Crippen LogP contribution in [0.15, 0.2) is 30.5 Å². The number of aryl methyl sites for hydroxylation is 1. The third-order valence-electron chi connectivity index (χ3n) is 3.01. The molecule has 4 heteroatoms. The van der Waals surface area contributed by atoms with Crippen LogP contribution in [0.25, 0.3) is 10.9 Å². The molecule has 0 aliphatic rings. The lowest BCUT2D eigenvalue weighted by Crippen LogP contribution is -2.31. The van der Waals surface area contributed by atoms with Gasteiger partial charge in [0.25, 0.3) is 0 Å². The summed E-state index contributed by atoms with van der Waals surface area (Å²) < 4.78 is 0. The third kappa shape index (κ3) is 3.70. The standard InChI is InChI=1S/C16H21N3O/c1-11(2)19-16(20)7-9-18-15-6-8-17-14-5-4-12(3)10-13(14)15/h4-6,8,10-11H,7,9H2,1-3H3,(H,17,18)(H,19,20). The van der Waals surface area contributed by atoms with E-state index in [-0.39, 0.29) is 11.9 Å². The van der Waals surface area contributed by atoms with Gasteiger partial charge in [-0.3, -0.25) is 9.78 Å². The number of benzene rings is 1. The number of nitrogens with zero attached hydrogens (tertiary/aromatic N) is 1. The van der Waals surface area contributed by atoms with Crippen molar-refractivity contribution in [3.05, 3.63) is 36.0 Å². The smallest absolute Gasteiger partial charge is 0.221 e. The highest BCUT2D eigenvalue weighted by molar-refractivity contribution is 5.91. The summed E-state index contributed by atoms with van der Waals surface area (Å²) in [7, 11) is 0. The lowest BCUT2D eigenvalue weighted by atomic mass is 10.1. The van der Waals surface area contributed by atoms with Gasteiger partial charge in [-0.1, -0.05) is 11.6 Å². The van der Waals surface area contributed by atoms with Crippen molar-refractivity contribution in [1.82, 2.24) is 10.3 Å². The van der Waals surface area contributed by atoms with Crippen LogP contribution in [0.3, 0.4) is 0 Å².